The fraction of sp³-hybridized carbons (Fsp3) is 0.429. The van der Waals surface area contributed by atoms with Crippen molar-refractivity contribution in [1.29, 1.82) is 0 Å². The maximum atomic E-state index is 11.5. The lowest BCUT2D eigenvalue weighted by Gasteiger charge is -2.11. The topological polar surface area (TPSA) is 47.9 Å². The molecule has 0 N–H and O–H groups in total. The van der Waals surface area contributed by atoms with Crippen LogP contribution in [0.1, 0.15) is 32.1 Å². The summed E-state index contributed by atoms with van der Waals surface area (Å²) in [7, 11) is 0. The van der Waals surface area contributed by atoms with E-state index >= 15 is 0 Å². The van der Waals surface area contributed by atoms with Crippen LogP contribution >= 0.6 is 23.2 Å². The Morgan fingerprint density at radius 3 is 2.65 bits per heavy atom. The average molecular weight is 316 g/mol. The predicted molar refractivity (Wildman–Crippen MR) is 78.6 cm³/mol. The molecule has 2 rings (SSSR count). The molecule has 1 fully saturated rings. The Morgan fingerprint density at radius 2 is 1.95 bits per heavy atom. The molecule has 0 radical (unpaired) electrons. The van der Waals surface area contributed by atoms with E-state index in [1.807, 2.05) is 0 Å². The molecule has 1 aliphatic carbocycles. The van der Waals surface area contributed by atoms with Crippen LogP contribution in [0.3, 0.4) is 0 Å². The molecule has 0 heterocycles. The van der Waals surface area contributed by atoms with Gasteiger partial charge >= 0.3 is 5.97 Å². The lowest BCUT2D eigenvalue weighted by molar-refractivity contribution is -0.146. The largest absolute Gasteiger partial charge is 0.480 e. The molecule has 0 spiro atoms. The summed E-state index contributed by atoms with van der Waals surface area (Å²) in [6.45, 7) is -0.238. The van der Waals surface area contributed by atoms with Crippen molar-refractivity contribution in [3.63, 3.8) is 0 Å². The second-order valence-electron chi connectivity index (χ2n) is 4.54. The van der Waals surface area contributed by atoms with Crippen molar-refractivity contribution < 1.29 is 14.4 Å². The van der Waals surface area contributed by atoms with E-state index < -0.39 is 5.97 Å². The van der Waals surface area contributed by atoms with Gasteiger partial charge in [-0.05, 0) is 43.9 Å². The Labute approximate surface area is 127 Å². The molecule has 1 saturated carbocycles. The van der Waals surface area contributed by atoms with Crippen LogP contribution in [-0.2, 0) is 9.63 Å². The van der Waals surface area contributed by atoms with Crippen LogP contribution in [0.4, 0.5) is 0 Å². The van der Waals surface area contributed by atoms with E-state index in [2.05, 4.69) is 5.16 Å². The third-order valence-electron chi connectivity index (χ3n) is 2.95. The van der Waals surface area contributed by atoms with Crippen molar-refractivity contribution in [1.82, 2.24) is 0 Å². The van der Waals surface area contributed by atoms with Gasteiger partial charge in [-0.1, -0.05) is 34.8 Å². The molecule has 0 unspecified atom stereocenters. The summed E-state index contributed by atoms with van der Waals surface area (Å²) in [4.78, 5) is 16.3. The molecule has 1 aliphatic rings. The first-order valence-corrected chi connectivity index (χ1v) is 7.24. The summed E-state index contributed by atoms with van der Waals surface area (Å²) in [6.07, 6.45) is 5.22. The molecular formula is C14H15Cl2NO3. The van der Waals surface area contributed by atoms with Crippen LogP contribution in [0, 0.1) is 0 Å². The van der Waals surface area contributed by atoms with Crippen molar-refractivity contribution in [3.05, 3.63) is 28.2 Å². The summed E-state index contributed by atoms with van der Waals surface area (Å²) in [6, 6.07) is 4.79. The summed E-state index contributed by atoms with van der Waals surface area (Å²) in [5.41, 5.74) is 0.939. The van der Waals surface area contributed by atoms with Gasteiger partial charge in [0, 0.05) is 5.02 Å². The molecule has 20 heavy (non-hydrogen) atoms. The van der Waals surface area contributed by atoms with Crippen molar-refractivity contribution >= 4 is 34.9 Å². The van der Waals surface area contributed by atoms with Crippen LogP contribution in [-0.4, -0.2) is 18.3 Å². The van der Waals surface area contributed by atoms with E-state index in [0.29, 0.717) is 15.8 Å². The minimum atomic E-state index is -0.547. The fourth-order valence-corrected chi connectivity index (χ4v) is 2.38. The first-order valence-electron chi connectivity index (χ1n) is 6.48. The molecule has 0 aromatic heterocycles. The van der Waals surface area contributed by atoms with Crippen molar-refractivity contribution in [2.45, 2.75) is 32.1 Å². The molecule has 0 bridgehead atoms. The number of hydrogen-bond donors (Lipinski definition) is 0. The van der Waals surface area contributed by atoms with E-state index in [1.165, 1.54) is 6.42 Å². The highest BCUT2D eigenvalue weighted by atomic mass is 35.5. The summed E-state index contributed by atoms with van der Waals surface area (Å²) < 4.78 is 5.26. The maximum Gasteiger partial charge on any atom is 0.372 e. The lowest BCUT2D eigenvalue weighted by Crippen LogP contribution is -2.14. The van der Waals surface area contributed by atoms with Gasteiger partial charge in [0.2, 0.25) is 0 Å². The number of rotatable bonds is 4. The maximum absolute atomic E-state index is 11.5. The van der Waals surface area contributed by atoms with Crippen LogP contribution in [0.2, 0.25) is 10.0 Å². The molecule has 108 valence electrons. The summed E-state index contributed by atoms with van der Waals surface area (Å²) in [5.74, 6) is -0.160. The van der Waals surface area contributed by atoms with E-state index in [9.17, 15) is 4.79 Å². The quantitative estimate of drug-likeness (QED) is 0.617. The van der Waals surface area contributed by atoms with Crippen LogP contribution < -0.4 is 4.74 Å². The number of benzene rings is 1. The molecule has 4 nitrogen and oxygen atoms in total. The Balaban J connectivity index is 1.80. The number of hydrogen-bond acceptors (Lipinski definition) is 4. The molecule has 0 atom stereocenters. The molecular weight excluding hydrogens is 301 g/mol. The SMILES string of the molecule is O=C(COc1ccc(Cl)cc1Cl)ON=C1CCCCC1. The van der Waals surface area contributed by atoms with Crippen LogP contribution in [0.15, 0.2) is 23.4 Å². The van der Waals surface area contributed by atoms with E-state index in [1.54, 1.807) is 18.2 Å². The Hall–Kier alpha value is -1.26. The number of oxime groups is 1. The van der Waals surface area contributed by atoms with Crippen molar-refractivity contribution in [3.8, 4) is 5.75 Å². The van der Waals surface area contributed by atoms with Gasteiger partial charge in [0.25, 0.3) is 0 Å². The number of nitrogens with zero attached hydrogens (tertiary/aromatic N) is 1. The summed E-state index contributed by atoms with van der Waals surface area (Å²) in [5, 5.41) is 4.72. The van der Waals surface area contributed by atoms with Crippen LogP contribution in [0.5, 0.6) is 5.75 Å². The standard InChI is InChI=1S/C14H15Cl2NO3/c15-10-6-7-13(12(16)8-10)19-9-14(18)20-17-11-4-2-1-3-5-11/h6-8H,1-5,9H2. The van der Waals surface area contributed by atoms with Gasteiger partial charge in [-0.3, -0.25) is 0 Å². The third-order valence-corrected chi connectivity index (χ3v) is 3.48. The number of carbonyl (C=O) groups excluding carboxylic acids is 1. The first kappa shape index (κ1) is 15.1. The van der Waals surface area contributed by atoms with E-state index in [0.717, 1.165) is 31.4 Å². The number of carbonyl (C=O) groups is 1. The predicted octanol–water partition coefficient (Wildman–Crippen LogP) is 4.24. The monoisotopic (exact) mass is 315 g/mol. The zero-order chi connectivity index (χ0) is 14.4. The Kier molecular flexibility index (Phi) is 5.68. The molecule has 0 aliphatic heterocycles. The first-order chi connectivity index (χ1) is 9.65. The van der Waals surface area contributed by atoms with Gasteiger partial charge in [0.15, 0.2) is 6.61 Å². The van der Waals surface area contributed by atoms with Crippen LogP contribution in [0.25, 0.3) is 0 Å². The highest BCUT2D eigenvalue weighted by Gasteiger charge is 2.10. The second-order valence-corrected chi connectivity index (χ2v) is 5.39. The molecule has 0 amide bonds. The normalized spacial score (nSPS) is 14.8. The molecule has 1 aromatic carbocycles. The van der Waals surface area contributed by atoms with Gasteiger partial charge < -0.3 is 9.57 Å². The van der Waals surface area contributed by atoms with Gasteiger partial charge in [0.05, 0.1) is 10.7 Å². The minimum absolute atomic E-state index is 0.238. The van der Waals surface area contributed by atoms with Crippen molar-refractivity contribution in [2.24, 2.45) is 5.16 Å². The van der Waals surface area contributed by atoms with E-state index in [-0.39, 0.29) is 6.61 Å². The smallest absolute Gasteiger partial charge is 0.372 e. The van der Waals surface area contributed by atoms with Crippen molar-refractivity contribution in [2.75, 3.05) is 6.61 Å². The zero-order valence-electron chi connectivity index (χ0n) is 10.9. The van der Waals surface area contributed by atoms with Gasteiger partial charge in [-0.15, -0.1) is 0 Å². The average Bonchev–Trinajstić information content (AvgIpc) is 2.45. The second kappa shape index (κ2) is 7.50. The summed E-state index contributed by atoms with van der Waals surface area (Å²) >= 11 is 11.7. The molecule has 0 saturated heterocycles. The third kappa shape index (κ3) is 4.69. The molecule has 6 heteroatoms. The fourth-order valence-electron chi connectivity index (χ4n) is 1.92. The minimum Gasteiger partial charge on any atom is -0.480 e. The van der Waals surface area contributed by atoms with E-state index in [4.69, 9.17) is 32.8 Å². The van der Waals surface area contributed by atoms with Gasteiger partial charge in [0.1, 0.15) is 5.75 Å². The van der Waals surface area contributed by atoms with Gasteiger partial charge in [-0.2, -0.15) is 0 Å². The Morgan fingerprint density at radius 1 is 1.20 bits per heavy atom. The lowest BCUT2D eigenvalue weighted by atomic mass is 9.99. The number of ether oxygens (including phenoxy) is 1. The highest BCUT2D eigenvalue weighted by molar-refractivity contribution is 6.35. The number of halogens is 2. The molecule has 1 aromatic rings. The highest BCUT2D eigenvalue weighted by Crippen LogP contribution is 2.27. The zero-order valence-corrected chi connectivity index (χ0v) is 12.4. The van der Waals surface area contributed by atoms with Gasteiger partial charge in [-0.25, -0.2) is 4.79 Å². The Bertz CT molecular complexity index is 509.